The summed E-state index contributed by atoms with van der Waals surface area (Å²) in [6, 6.07) is 5.50. The molecule has 0 saturated heterocycles. The van der Waals surface area contributed by atoms with Crippen LogP contribution in [0.2, 0.25) is 0 Å². The molecule has 0 radical (unpaired) electrons. The van der Waals surface area contributed by atoms with Crippen LogP contribution in [-0.2, 0) is 4.74 Å². The molecule has 3 nitrogen and oxygen atoms in total. The Morgan fingerprint density at radius 3 is 2.80 bits per heavy atom. The lowest BCUT2D eigenvalue weighted by atomic mass is 10.1. The van der Waals surface area contributed by atoms with Crippen molar-refractivity contribution in [3.63, 3.8) is 0 Å². The van der Waals surface area contributed by atoms with Crippen molar-refractivity contribution >= 4 is 6.29 Å². The third-order valence-electron chi connectivity index (χ3n) is 2.23. The molecule has 0 amide bonds. The van der Waals surface area contributed by atoms with Crippen molar-refractivity contribution in [1.29, 1.82) is 0 Å². The molecular weight excluding hydrogens is 192 g/mol. The number of rotatable bonds is 5. The number of para-hydroxylation sites is 1. The van der Waals surface area contributed by atoms with Gasteiger partial charge in [0, 0.05) is 7.11 Å². The maximum Gasteiger partial charge on any atom is 0.153 e. The third-order valence-corrected chi connectivity index (χ3v) is 2.23. The summed E-state index contributed by atoms with van der Waals surface area (Å²) in [5.41, 5.74) is 1.54. The van der Waals surface area contributed by atoms with E-state index >= 15 is 0 Å². The van der Waals surface area contributed by atoms with Crippen LogP contribution in [0.1, 0.15) is 22.8 Å². The van der Waals surface area contributed by atoms with Gasteiger partial charge in [0.15, 0.2) is 6.29 Å². The average Bonchev–Trinajstić information content (AvgIpc) is 2.26. The van der Waals surface area contributed by atoms with Gasteiger partial charge in [0.1, 0.15) is 12.4 Å². The lowest BCUT2D eigenvalue weighted by Gasteiger charge is -2.14. The minimum Gasteiger partial charge on any atom is -0.490 e. The van der Waals surface area contributed by atoms with Crippen LogP contribution in [0.3, 0.4) is 0 Å². The molecule has 0 saturated carbocycles. The molecule has 1 aromatic rings. The molecule has 1 aromatic carbocycles. The van der Waals surface area contributed by atoms with E-state index in [0.717, 1.165) is 11.8 Å². The van der Waals surface area contributed by atoms with Gasteiger partial charge in [-0.05, 0) is 25.5 Å². The molecule has 1 rings (SSSR count). The molecule has 0 spiro atoms. The zero-order valence-electron chi connectivity index (χ0n) is 9.32. The van der Waals surface area contributed by atoms with Crippen molar-refractivity contribution in [2.75, 3.05) is 13.7 Å². The lowest BCUT2D eigenvalue weighted by Crippen LogP contribution is -2.17. The SMILES string of the molecule is COC(C)COc1c(C)cccc1C=O. The van der Waals surface area contributed by atoms with Gasteiger partial charge in [-0.15, -0.1) is 0 Å². The first-order valence-corrected chi connectivity index (χ1v) is 4.89. The molecule has 15 heavy (non-hydrogen) atoms. The van der Waals surface area contributed by atoms with Crippen LogP contribution in [0.4, 0.5) is 0 Å². The summed E-state index contributed by atoms with van der Waals surface area (Å²) in [6.07, 6.45) is 0.823. The number of hydrogen-bond acceptors (Lipinski definition) is 3. The monoisotopic (exact) mass is 208 g/mol. The first-order valence-electron chi connectivity index (χ1n) is 4.89. The van der Waals surface area contributed by atoms with Gasteiger partial charge in [0.05, 0.1) is 11.7 Å². The van der Waals surface area contributed by atoms with E-state index in [1.54, 1.807) is 13.2 Å². The highest BCUT2D eigenvalue weighted by molar-refractivity contribution is 5.80. The third kappa shape index (κ3) is 3.06. The van der Waals surface area contributed by atoms with E-state index in [1.807, 2.05) is 26.0 Å². The van der Waals surface area contributed by atoms with E-state index < -0.39 is 0 Å². The number of benzene rings is 1. The van der Waals surface area contributed by atoms with Crippen molar-refractivity contribution in [3.8, 4) is 5.75 Å². The first kappa shape index (κ1) is 11.7. The molecule has 1 atom stereocenters. The second kappa shape index (κ2) is 5.51. The van der Waals surface area contributed by atoms with Crippen LogP contribution >= 0.6 is 0 Å². The van der Waals surface area contributed by atoms with E-state index in [4.69, 9.17) is 9.47 Å². The summed E-state index contributed by atoms with van der Waals surface area (Å²) in [4.78, 5) is 10.8. The highest BCUT2D eigenvalue weighted by Gasteiger charge is 2.07. The first-order chi connectivity index (χ1) is 7.19. The molecule has 0 bridgehead atoms. The van der Waals surface area contributed by atoms with Gasteiger partial charge < -0.3 is 9.47 Å². The Labute approximate surface area is 90.0 Å². The quantitative estimate of drug-likeness (QED) is 0.696. The average molecular weight is 208 g/mol. The van der Waals surface area contributed by atoms with E-state index in [9.17, 15) is 4.79 Å². The number of ether oxygens (including phenoxy) is 2. The van der Waals surface area contributed by atoms with Crippen LogP contribution in [0.25, 0.3) is 0 Å². The standard InChI is InChI=1S/C12H16O3/c1-9-5-4-6-11(7-13)12(9)15-8-10(2)14-3/h4-7,10H,8H2,1-3H3. The number of carbonyl (C=O) groups excluding carboxylic acids is 1. The van der Waals surface area contributed by atoms with Crippen LogP contribution in [0.15, 0.2) is 18.2 Å². The second-order valence-corrected chi connectivity index (χ2v) is 3.47. The van der Waals surface area contributed by atoms with Gasteiger partial charge in [-0.1, -0.05) is 12.1 Å². The maximum absolute atomic E-state index is 10.8. The predicted molar refractivity (Wildman–Crippen MR) is 58.5 cm³/mol. The Morgan fingerprint density at radius 1 is 1.47 bits per heavy atom. The van der Waals surface area contributed by atoms with Crippen molar-refractivity contribution in [2.24, 2.45) is 0 Å². The molecular formula is C12H16O3. The largest absolute Gasteiger partial charge is 0.490 e. The normalized spacial score (nSPS) is 12.2. The van der Waals surface area contributed by atoms with Crippen molar-refractivity contribution in [2.45, 2.75) is 20.0 Å². The summed E-state index contributed by atoms with van der Waals surface area (Å²) in [5, 5.41) is 0. The van der Waals surface area contributed by atoms with Crippen molar-refractivity contribution < 1.29 is 14.3 Å². The summed E-state index contributed by atoms with van der Waals surface area (Å²) in [5.74, 6) is 0.649. The van der Waals surface area contributed by atoms with Gasteiger partial charge in [0.25, 0.3) is 0 Å². The molecule has 0 N–H and O–H groups in total. The molecule has 1 unspecified atom stereocenters. The van der Waals surface area contributed by atoms with E-state index in [1.165, 1.54) is 0 Å². The molecule has 3 heteroatoms. The summed E-state index contributed by atoms with van der Waals surface area (Å²) >= 11 is 0. The van der Waals surface area contributed by atoms with E-state index in [2.05, 4.69) is 0 Å². The molecule has 0 aliphatic rings. The maximum atomic E-state index is 10.8. The molecule has 0 aliphatic heterocycles. The van der Waals surface area contributed by atoms with Crippen LogP contribution in [0.5, 0.6) is 5.75 Å². The number of aldehydes is 1. The highest BCUT2D eigenvalue weighted by Crippen LogP contribution is 2.21. The molecule has 0 aliphatic carbocycles. The summed E-state index contributed by atoms with van der Waals surface area (Å²) in [7, 11) is 1.63. The zero-order valence-corrected chi connectivity index (χ0v) is 9.32. The van der Waals surface area contributed by atoms with Crippen molar-refractivity contribution in [1.82, 2.24) is 0 Å². The smallest absolute Gasteiger partial charge is 0.153 e. The van der Waals surface area contributed by atoms with Gasteiger partial charge in [-0.3, -0.25) is 4.79 Å². The number of hydrogen-bond donors (Lipinski definition) is 0. The van der Waals surface area contributed by atoms with Gasteiger partial charge in [0.2, 0.25) is 0 Å². The fourth-order valence-corrected chi connectivity index (χ4v) is 1.23. The summed E-state index contributed by atoms with van der Waals surface area (Å²) in [6.45, 7) is 4.28. The van der Waals surface area contributed by atoms with E-state index in [-0.39, 0.29) is 6.10 Å². The fraction of sp³-hybridized carbons (Fsp3) is 0.417. The van der Waals surface area contributed by atoms with Crippen LogP contribution in [0, 0.1) is 6.92 Å². The minimum atomic E-state index is 0.0177. The number of aryl methyl sites for hydroxylation is 1. The van der Waals surface area contributed by atoms with Crippen molar-refractivity contribution in [3.05, 3.63) is 29.3 Å². The topological polar surface area (TPSA) is 35.5 Å². The van der Waals surface area contributed by atoms with Crippen LogP contribution in [-0.4, -0.2) is 26.1 Å². The second-order valence-electron chi connectivity index (χ2n) is 3.47. The Kier molecular flexibility index (Phi) is 4.31. The van der Waals surface area contributed by atoms with E-state index in [0.29, 0.717) is 17.9 Å². The molecule has 0 heterocycles. The Bertz CT molecular complexity index is 334. The lowest BCUT2D eigenvalue weighted by molar-refractivity contribution is 0.0709. The summed E-state index contributed by atoms with van der Waals surface area (Å²) < 4.78 is 10.6. The predicted octanol–water partition coefficient (Wildman–Crippen LogP) is 2.22. The number of carbonyl (C=O) groups is 1. The van der Waals surface area contributed by atoms with Gasteiger partial charge in [-0.25, -0.2) is 0 Å². The fourth-order valence-electron chi connectivity index (χ4n) is 1.23. The Balaban J connectivity index is 2.78. The Hall–Kier alpha value is -1.35. The number of methoxy groups -OCH3 is 1. The Morgan fingerprint density at radius 2 is 2.20 bits per heavy atom. The van der Waals surface area contributed by atoms with Crippen LogP contribution < -0.4 is 4.74 Å². The van der Waals surface area contributed by atoms with Gasteiger partial charge >= 0.3 is 0 Å². The van der Waals surface area contributed by atoms with Gasteiger partial charge in [-0.2, -0.15) is 0 Å². The highest BCUT2D eigenvalue weighted by atomic mass is 16.5. The molecule has 0 fully saturated rings. The zero-order chi connectivity index (χ0) is 11.3. The molecule has 82 valence electrons. The molecule has 0 aromatic heterocycles. The minimum absolute atomic E-state index is 0.0177.